The summed E-state index contributed by atoms with van der Waals surface area (Å²) >= 11 is 4.36. The van der Waals surface area contributed by atoms with Gasteiger partial charge < -0.3 is 5.73 Å². The molecular formula is C8H11BrF2N2O2S2. The van der Waals surface area contributed by atoms with Crippen LogP contribution in [-0.2, 0) is 10.0 Å². The third-order valence-corrected chi connectivity index (χ3v) is 5.16. The average Bonchev–Trinajstić information content (AvgIpc) is 2.56. The Morgan fingerprint density at radius 3 is 2.59 bits per heavy atom. The summed E-state index contributed by atoms with van der Waals surface area (Å²) in [4.78, 5) is 0.530. The highest BCUT2D eigenvalue weighted by Crippen LogP contribution is 2.29. The van der Waals surface area contributed by atoms with Gasteiger partial charge >= 0.3 is 0 Å². The van der Waals surface area contributed by atoms with Gasteiger partial charge in [0.25, 0.3) is 5.92 Å². The van der Waals surface area contributed by atoms with Crippen LogP contribution in [0.3, 0.4) is 0 Å². The lowest BCUT2D eigenvalue weighted by atomic mass is 10.3. The quantitative estimate of drug-likeness (QED) is 0.850. The number of nitrogens with one attached hydrogen (secondary N) is 1. The number of rotatable bonds is 5. The Labute approximate surface area is 110 Å². The van der Waals surface area contributed by atoms with Crippen LogP contribution in [0.2, 0.25) is 0 Å². The third kappa shape index (κ3) is 3.95. The minimum Gasteiger partial charge on any atom is -0.325 e. The van der Waals surface area contributed by atoms with Crippen molar-refractivity contribution in [1.82, 2.24) is 4.72 Å². The van der Waals surface area contributed by atoms with E-state index in [-0.39, 0.29) is 4.90 Å². The van der Waals surface area contributed by atoms with Crippen molar-refractivity contribution >= 4 is 37.3 Å². The SMILES string of the molecule is Cc1sc(Br)cc1S(=O)(=O)NCC(F)(F)CN. The molecule has 0 aliphatic carbocycles. The monoisotopic (exact) mass is 348 g/mol. The van der Waals surface area contributed by atoms with Gasteiger partial charge in [-0.3, -0.25) is 0 Å². The Hall–Kier alpha value is -0.0900. The van der Waals surface area contributed by atoms with Crippen LogP contribution in [0.4, 0.5) is 8.78 Å². The van der Waals surface area contributed by atoms with Gasteiger partial charge in [0.2, 0.25) is 10.0 Å². The van der Waals surface area contributed by atoms with Crippen LogP contribution >= 0.6 is 27.3 Å². The van der Waals surface area contributed by atoms with Gasteiger partial charge in [-0.15, -0.1) is 11.3 Å². The largest absolute Gasteiger partial charge is 0.325 e. The summed E-state index contributed by atoms with van der Waals surface area (Å²) in [6.45, 7) is -0.300. The first kappa shape index (κ1) is 15.0. The fourth-order valence-electron chi connectivity index (χ4n) is 1.05. The van der Waals surface area contributed by atoms with Crippen LogP contribution in [0.15, 0.2) is 14.7 Å². The summed E-state index contributed by atoms with van der Waals surface area (Å²) in [7, 11) is -3.92. The van der Waals surface area contributed by atoms with Gasteiger partial charge in [-0.2, -0.15) is 0 Å². The van der Waals surface area contributed by atoms with Crippen LogP contribution < -0.4 is 10.5 Å². The molecule has 17 heavy (non-hydrogen) atoms. The van der Waals surface area contributed by atoms with Crippen molar-refractivity contribution in [3.8, 4) is 0 Å². The van der Waals surface area contributed by atoms with Crippen LogP contribution in [0.5, 0.6) is 0 Å². The van der Waals surface area contributed by atoms with Crippen molar-refractivity contribution in [3.63, 3.8) is 0 Å². The van der Waals surface area contributed by atoms with E-state index in [1.807, 2.05) is 4.72 Å². The molecule has 1 heterocycles. The second kappa shape index (κ2) is 5.27. The molecule has 0 spiro atoms. The predicted molar refractivity (Wildman–Crippen MR) is 65.9 cm³/mol. The summed E-state index contributed by atoms with van der Waals surface area (Å²) in [6, 6.07) is 1.38. The Bertz CT molecular complexity index is 502. The van der Waals surface area contributed by atoms with Crippen LogP contribution in [0.25, 0.3) is 0 Å². The Morgan fingerprint density at radius 1 is 1.59 bits per heavy atom. The molecule has 0 aliphatic heterocycles. The van der Waals surface area contributed by atoms with Crippen molar-refractivity contribution in [2.45, 2.75) is 17.7 Å². The molecule has 1 aromatic heterocycles. The first-order valence-corrected chi connectivity index (χ1v) is 7.61. The number of halogens is 3. The molecule has 0 bridgehead atoms. The maximum Gasteiger partial charge on any atom is 0.273 e. The molecular weight excluding hydrogens is 338 g/mol. The number of hydrogen-bond donors (Lipinski definition) is 2. The molecule has 1 aromatic rings. The number of hydrogen-bond acceptors (Lipinski definition) is 4. The highest BCUT2D eigenvalue weighted by atomic mass is 79.9. The molecule has 0 saturated heterocycles. The van der Waals surface area contributed by atoms with Gasteiger partial charge in [0.05, 0.1) is 21.8 Å². The van der Waals surface area contributed by atoms with Crippen molar-refractivity contribution in [1.29, 1.82) is 0 Å². The molecule has 0 fully saturated rings. The Kier molecular flexibility index (Phi) is 4.64. The van der Waals surface area contributed by atoms with Crippen LogP contribution in [0, 0.1) is 6.92 Å². The van der Waals surface area contributed by atoms with Crippen molar-refractivity contribution < 1.29 is 17.2 Å². The van der Waals surface area contributed by atoms with Crippen molar-refractivity contribution in [2.75, 3.05) is 13.1 Å². The molecule has 0 atom stereocenters. The first-order chi connectivity index (χ1) is 7.68. The zero-order valence-electron chi connectivity index (χ0n) is 8.84. The van der Waals surface area contributed by atoms with E-state index in [9.17, 15) is 17.2 Å². The summed E-state index contributed by atoms with van der Waals surface area (Å²) in [5.41, 5.74) is 4.82. The molecule has 0 amide bonds. The van der Waals surface area contributed by atoms with E-state index in [1.54, 1.807) is 6.92 Å². The van der Waals surface area contributed by atoms with Gasteiger partial charge in [-0.05, 0) is 28.9 Å². The maximum absolute atomic E-state index is 12.8. The molecule has 1 rings (SSSR count). The second-order valence-electron chi connectivity index (χ2n) is 3.36. The zero-order valence-corrected chi connectivity index (χ0v) is 12.1. The van der Waals surface area contributed by atoms with E-state index in [2.05, 4.69) is 15.9 Å². The summed E-state index contributed by atoms with van der Waals surface area (Å²) in [5, 5.41) is 0. The Balaban J connectivity index is 2.87. The van der Waals surface area contributed by atoms with E-state index in [0.717, 1.165) is 0 Å². The molecule has 3 N–H and O–H groups in total. The fourth-order valence-corrected chi connectivity index (χ4v) is 4.52. The smallest absolute Gasteiger partial charge is 0.273 e. The lowest BCUT2D eigenvalue weighted by molar-refractivity contribution is 0.0170. The molecule has 98 valence electrons. The molecule has 9 heteroatoms. The van der Waals surface area contributed by atoms with Crippen molar-refractivity contribution in [3.05, 3.63) is 14.7 Å². The molecule has 0 aliphatic rings. The number of aryl methyl sites for hydroxylation is 1. The van der Waals surface area contributed by atoms with Gasteiger partial charge in [-0.1, -0.05) is 0 Å². The number of sulfonamides is 1. The summed E-state index contributed by atoms with van der Waals surface area (Å²) in [6.07, 6.45) is 0. The van der Waals surface area contributed by atoms with Crippen LogP contribution in [-0.4, -0.2) is 27.4 Å². The Morgan fingerprint density at radius 2 is 2.18 bits per heavy atom. The minimum atomic E-state index is -3.92. The molecule has 0 aromatic carbocycles. The highest BCUT2D eigenvalue weighted by molar-refractivity contribution is 9.11. The molecule has 4 nitrogen and oxygen atoms in total. The lowest BCUT2D eigenvalue weighted by Crippen LogP contribution is -2.41. The van der Waals surface area contributed by atoms with Gasteiger partial charge in [0.15, 0.2) is 0 Å². The van der Waals surface area contributed by atoms with E-state index >= 15 is 0 Å². The number of thiophene rings is 1. The molecule has 0 radical (unpaired) electrons. The zero-order chi connectivity index (χ0) is 13.3. The topological polar surface area (TPSA) is 72.2 Å². The highest BCUT2D eigenvalue weighted by Gasteiger charge is 2.30. The summed E-state index contributed by atoms with van der Waals surface area (Å²) < 4.78 is 51.6. The summed E-state index contributed by atoms with van der Waals surface area (Å²) in [5.74, 6) is -3.24. The minimum absolute atomic E-state index is 0.00203. The molecule has 0 saturated carbocycles. The fraction of sp³-hybridized carbons (Fsp3) is 0.500. The number of alkyl halides is 2. The van der Waals surface area contributed by atoms with E-state index in [1.165, 1.54) is 17.4 Å². The lowest BCUT2D eigenvalue weighted by Gasteiger charge is -2.14. The van der Waals surface area contributed by atoms with Crippen molar-refractivity contribution in [2.24, 2.45) is 5.73 Å². The third-order valence-electron chi connectivity index (χ3n) is 1.95. The predicted octanol–water partition coefficient (Wildman–Crippen LogP) is 1.69. The first-order valence-electron chi connectivity index (χ1n) is 4.51. The standard InChI is InChI=1S/C8H11BrF2N2O2S2/c1-5-6(2-7(9)16-5)17(14,15)13-4-8(10,11)3-12/h2,13H,3-4,12H2,1H3. The normalized spacial score (nSPS) is 13.0. The van der Waals surface area contributed by atoms with E-state index in [0.29, 0.717) is 8.66 Å². The van der Waals surface area contributed by atoms with Gasteiger partial charge in [0.1, 0.15) is 0 Å². The van der Waals surface area contributed by atoms with Crippen LogP contribution in [0.1, 0.15) is 4.88 Å². The second-order valence-corrected chi connectivity index (χ2v) is 7.73. The van der Waals surface area contributed by atoms with E-state index < -0.39 is 29.0 Å². The van der Waals surface area contributed by atoms with E-state index in [4.69, 9.17) is 5.73 Å². The number of nitrogens with two attached hydrogens (primary N) is 1. The average molecular weight is 349 g/mol. The maximum atomic E-state index is 12.8. The van der Waals surface area contributed by atoms with Gasteiger partial charge in [-0.25, -0.2) is 21.9 Å². The van der Waals surface area contributed by atoms with Gasteiger partial charge in [0, 0.05) is 4.88 Å². The molecule has 0 unspecified atom stereocenters.